The van der Waals surface area contributed by atoms with Gasteiger partial charge in [0.25, 0.3) is 0 Å². The van der Waals surface area contributed by atoms with Crippen molar-refractivity contribution in [2.75, 3.05) is 5.73 Å². The van der Waals surface area contributed by atoms with Gasteiger partial charge in [0, 0.05) is 11.7 Å². The minimum absolute atomic E-state index is 0.0245. The summed E-state index contributed by atoms with van der Waals surface area (Å²) in [6, 6.07) is 6.08. The molecule has 12 heavy (non-hydrogen) atoms. The number of nitrogens with two attached hydrogens (primary N) is 2. The highest BCUT2D eigenvalue weighted by Gasteiger charge is 2.04. The first-order chi connectivity index (χ1) is 5.65. The van der Waals surface area contributed by atoms with Crippen molar-refractivity contribution in [3.8, 4) is 0 Å². The van der Waals surface area contributed by atoms with Crippen LogP contribution in [-0.4, -0.2) is 0 Å². The molecule has 4 N–H and O–H groups in total. The van der Waals surface area contributed by atoms with Gasteiger partial charge in [-0.05, 0) is 30.5 Å². The molecule has 0 fully saturated rings. The zero-order valence-electron chi connectivity index (χ0n) is 7.67. The van der Waals surface area contributed by atoms with E-state index < -0.39 is 0 Å². The molecular formula is C10H16N2. The normalized spacial score (nSPS) is 12.9. The number of anilines is 1. The van der Waals surface area contributed by atoms with Gasteiger partial charge in [-0.1, -0.05) is 19.1 Å². The molecule has 0 amide bonds. The first kappa shape index (κ1) is 9.07. The standard InChI is InChI=1S/C10H16N2/c1-3-8-4-5-10(12)9(6-8)7(2)11/h4-7H,3,11-12H2,1-2H3. The number of nitrogen functional groups attached to an aromatic ring is 1. The number of aryl methyl sites for hydroxylation is 1. The molecule has 0 aliphatic heterocycles. The van der Waals surface area contributed by atoms with Crippen molar-refractivity contribution in [1.82, 2.24) is 0 Å². The first-order valence-corrected chi connectivity index (χ1v) is 4.29. The van der Waals surface area contributed by atoms with Gasteiger partial charge in [0.2, 0.25) is 0 Å². The van der Waals surface area contributed by atoms with E-state index in [0.717, 1.165) is 17.7 Å². The lowest BCUT2D eigenvalue weighted by atomic mass is 10.0. The van der Waals surface area contributed by atoms with Gasteiger partial charge < -0.3 is 11.5 Å². The Hall–Kier alpha value is -1.02. The van der Waals surface area contributed by atoms with Gasteiger partial charge in [-0.3, -0.25) is 0 Å². The third-order valence-corrected chi connectivity index (χ3v) is 2.05. The average molecular weight is 164 g/mol. The number of hydrogen-bond donors (Lipinski definition) is 2. The van der Waals surface area contributed by atoms with E-state index in [1.54, 1.807) is 0 Å². The minimum atomic E-state index is 0.0245. The van der Waals surface area contributed by atoms with E-state index in [9.17, 15) is 0 Å². The van der Waals surface area contributed by atoms with E-state index in [0.29, 0.717) is 0 Å². The average Bonchev–Trinajstić information content (AvgIpc) is 2.05. The van der Waals surface area contributed by atoms with Crippen LogP contribution < -0.4 is 11.5 Å². The fourth-order valence-corrected chi connectivity index (χ4v) is 1.24. The van der Waals surface area contributed by atoms with Crippen molar-refractivity contribution in [2.45, 2.75) is 26.3 Å². The SMILES string of the molecule is CCc1ccc(N)c(C(C)N)c1. The van der Waals surface area contributed by atoms with Crippen LogP contribution in [0.3, 0.4) is 0 Å². The third kappa shape index (κ3) is 1.77. The summed E-state index contributed by atoms with van der Waals surface area (Å²) >= 11 is 0. The lowest BCUT2D eigenvalue weighted by molar-refractivity contribution is 0.818. The molecule has 1 aromatic rings. The van der Waals surface area contributed by atoms with Gasteiger partial charge in [-0.15, -0.1) is 0 Å². The molecule has 0 aromatic heterocycles. The Kier molecular flexibility index (Phi) is 2.71. The molecule has 2 nitrogen and oxygen atoms in total. The highest BCUT2D eigenvalue weighted by Crippen LogP contribution is 2.19. The summed E-state index contributed by atoms with van der Waals surface area (Å²) in [7, 11) is 0. The molecule has 0 aliphatic carbocycles. The molecule has 1 rings (SSSR count). The van der Waals surface area contributed by atoms with Gasteiger partial charge in [0.05, 0.1) is 0 Å². The molecule has 0 bridgehead atoms. The molecule has 0 heterocycles. The summed E-state index contributed by atoms with van der Waals surface area (Å²) in [5, 5.41) is 0. The maximum atomic E-state index is 5.77. The predicted molar refractivity (Wildman–Crippen MR) is 52.8 cm³/mol. The molecule has 2 heteroatoms. The summed E-state index contributed by atoms with van der Waals surface area (Å²) in [4.78, 5) is 0. The molecule has 0 saturated heterocycles. The number of rotatable bonds is 2. The Morgan fingerprint density at radius 3 is 2.58 bits per heavy atom. The van der Waals surface area contributed by atoms with E-state index in [4.69, 9.17) is 11.5 Å². The summed E-state index contributed by atoms with van der Waals surface area (Å²) < 4.78 is 0. The molecule has 0 spiro atoms. The van der Waals surface area contributed by atoms with Gasteiger partial charge in [-0.25, -0.2) is 0 Å². The highest BCUT2D eigenvalue weighted by molar-refractivity contribution is 5.50. The van der Waals surface area contributed by atoms with Crippen LogP contribution >= 0.6 is 0 Å². The van der Waals surface area contributed by atoms with Crippen molar-refractivity contribution < 1.29 is 0 Å². The van der Waals surface area contributed by atoms with Crippen LogP contribution in [0.1, 0.15) is 31.0 Å². The van der Waals surface area contributed by atoms with Crippen molar-refractivity contribution in [2.24, 2.45) is 5.73 Å². The maximum Gasteiger partial charge on any atom is 0.0362 e. The smallest absolute Gasteiger partial charge is 0.0362 e. The van der Waals surface area contributed by atoms with Crippen molar-refractivity contribution in [1.29, 1.82) is 0 Å². The largest absolute Gasteiger partial charge is 0.398 e. The lowest BCUT2D eigenvalue weighted by Gasteiger charge is -2.10. The van der Waals surface area contributed by atoms with Crippen LogP contribution in [-0.2, 0) is 6.42 Å². The van der Waals surface area contributed by atoms with E-state index in [1.807, 2.05) is 19.1 Å². The quantitative estimate of drug-likeness (QED) is 0.655. The molecule has 0 radical (unpaired) electrons. The predicted octanol–water partition coefficient (Wildman–Crippen LogP) is 1.85. The van der Waals surface area contributed by atoms with Crippen LogP contribution in [0.5, 0.6) is 0 Å². The van der Waals surface area contributed by atoms with Crippen LogP contribution in [0.4, 0.5) is 5.69 Å². The minimum Gasteiger partial charge on any atom is -0.398 e. The van der Waals surface area contributed by atoms with Crippen molar-refractivity contribution in [3.05, 3.63) is 29.3 Å². The Morgan fingerprint density at radius 2 is 2.08 bits per heavy atom. The lowest BCUT2D eigenvalue weighted by Crippen LogP contribution is -2.08. The Balaban J connectivity index is 3.08. The van der Waals surface area contributed by atoms with Gasteiger partial charge in [-0.2, -0.15) is 0 Å². The van der Waals surface area contributed by atoms with Crippen LogP contribution in [0.15, 0.2) is 18.2 Å². The zero-order chi connectivity index (χ0) is 9.14. The van der Waals surface area contributed by atoms with E-state index in [1.165, 1.54) is 5.56 Å². The number of hydrogen-bond acceptors (Lipinski definition) is 2. The Morgan fingerprint density at radius 1 is 1.42 bits per heavy atom. The second-order valence-corrected chi connectivity index (χ2v) is 3.11. The van der Waals surface area contributed by atoms with Crippen LogP contribution in [0, 0.1) is 0 Å². The summed E-state index contributed by atoms with van der Waals surface area (Å²) in [6.45, 7) is 4.07. The Labute approximate surface area is 73.6 Å². The van der Waals surface area contributed by atoms with Crippen molar-refractivity contribution >= 4 is 5.69 Å². The highest BCUT2D eigenvalue weighted by atomic mass is 14.6. The fraction of sp³-hybridized carbons (Fsp3) is 0.400. The van der Waals surface area contributed by atoms with Gasteiger partial charge in [0.15, 0.2) is 0 Å². The summed E-state index contributed by atoms with van der Waals surface area (Å²) in [6.07, 6.45) is 1.03. The molecule has 0 saturated carbocycles. The van der Waals surface area contributed by atoms with E-state index in [-0.39, 0.29) is 6.04 Å². The molecule has 66 valence electrons. The van der Waals surface area contributed by atoms with Gasteiger partial charge in [0.1, 0.15) is 0 Å². The van der Waals surface area contributed by atoms with Crippen molar-refractivity contribution in [3.63, 3.8) is 0 Å². The number of benzene rings is 1. The molecule has 1 unspecified atom stereocenters. The van der Waals surface area contributed by atoms with E-state index >= 15 is 0 Å². The monoisotopic (exact) mass is 164 g/mol. The Bertz CT molecular complexity index is 267. The molecule has 1 atom stereocenters. The van der Waals surface area contributed by atoms with Crippen LogP contribution in [0.2, 0.25) is 0 Å². The third-order valence-electron chi connectivity index (χ3n) is 2.05. The second-order valence-electron chi connectivity index (χ2n) is 3.11. The summed E-state index contributed by atoms with van der Waals surface area (Å²) in [5.74, 6) is 0. The molecular weight excluding hydrogens is 148 g/mol. The van der Waals surface area contributed by atoms with Gasteiger partial charge >= 0.3 is 0 Å². The topological polar surface area (TPSA) is 52.0 Å². The molecule has 1 aromatic carbocycles. The summed E-state index contributed by atoms with van der Waals surface area (Å²) in [5.41, 5.74) is 14.7. The van der Waals surface area contributed by atoms with Crippen LogP contribution in [0.25, 0.3) is 0 Å². The zero-order valence-corrected chi connectivity index (χ0v) is 7.67. The first-order valence-electron chi connectivity index (χ1n) is 4.29. The molecule has 0 aliphatic rings. The second kappa shape index (κ2) is 3.59. The van der Waals surface area contributed by atoms with E-state index in [2.05, 4.69) is 13.0 Å². The maximum absolute atomic E-state index is 5.77. The fourth-order valence-electron chi connectivity index (χ4n) is 1.24.